The van der Waals surface area contributed by atoms with E-state index < -0.39 is 27.0 Å². The van der Waals surface area contributed by atoms with Crippen LogP contribution in [-0.2, 0) is 20.0 Å². The third-order valence-corrected chi connectivity index (χ3v) is 5.13. The Morgan fingerprint density at radius 3 is 2.33 bits per heavy atom. The zero-order valence-corrected chi connectivity index (χ0v) is 13.6. The lowest BCUT2D eigenvalue weighted by Gasteiger charge is -2.34. The fourth-order valence-electron chi connectivity index (χ4n) is 2.87. The van der Waals surface area contributed by atoms with Crippen molar-refractivity contribution in [3.8, 4) is 0 Å². The number of nitrogens with one attached hydrogen (secondary N) is 2. The van der Waals surface area contributed by atoms with Crippen LogP contribution in [-0.4, -0.2) is 20.6 Å². The first kappa shape index (κ1) is 16.2. The number of hydrogen-bond donors (Lipinski definition) is 2. The molecule has 24 heavy (non-hydrogen) atoms. The number of carbonyl (C=O) groups is 1. The summed E-state index contributed by atoms with van der Waals surface area (Å²) in [7, 11) is -3.57. The third kappa shape index (κ3) is 2.56. The first-order valence-electron chi connectivity index (χ1n) is 7.15. The van der Waals surface area contributed by atoms with Crippen molar-refractivity contribution in [3.63, 3.8) is 0 Å². The summed E-state index contributed by atoms with van der Waals surface area (Å²) in [6.45, 7) is 0. The Kier molecular flexibility index (Phi) is 3.88. The number of sulfone groups is 1. The number of rotatable bonds is 3. The number of amides is 1. The van der Waals surface area contributed by atoms with Crippen LogP contribution in [0.4, 0.5) is 4.39 Å². The SMILES string of the molecule is CS(=O)(=O)c1ccccc1C1(c2ccc(F)cc2)C=CNNC1=O. The van der Waals surface area contributed by atoms with Gasteiger partial charge < -0.3 is 5.43 Å². The first-order chi connectivity index (χ1) is 11.4. The van der Waals surface area contributed by atoms with E-state index in [1.165, 1.54) is 36.5 Å². The zero-order chi connectivity index (χ0) is 17.4. The van der Waals surface area contributed by atoms with Gasteiger partial charge in [-0.05, 0) is 35.4 Å². The van der Waals surface area contributed by atoms with Gasteiger partial charge in [0.1, 0.15) is 11.2 Å². The maximum Gasteiger partial charge on any atom is 0.257 e. The van der Waals surface area contributed by atoms with Crippen LogP contribution >= 0.6 is 0 Å². The molecule has 0 saturated carbocycles. The van der Waals surface area contributed by atoms with Crippen LogP contribution < -0.4 is 10.9 Å². The van der Waals surface area contributed by atoms with E-state index in [2.05, 4.69) is 10.9 Å². The maximum absolute atomic E-state index is 13.3. The molecule has 0 aromatic heterocycles. The molecule has 1 aliphatic heterocycles. The largest absolute Gasteiger partial charge is 0.306 e. The molecule has 1 aliphatic rings. The van der Waals surface area contributed by atoms with E-state index in [9.17, 15) is 17.6 Å². The minimum absolute atomic E-state index is 0.0519. The molecule has 0 saturated heterocycles. The second kappa shape index (κ2) is 5.76. The molecule has 7 heteroatoms. The molecule has 0 fully saturated rings. The number of hydrogen-bond acceptors (Lipinski definition) is 4. The molecule has 5 nitrogen and oxygen atoms in total. The van der Waals surface area contributed by atoms with E-state index >= 15 is 0 Å². The lowest BCUT2D eigenvalue weighted by molar-refractivity contribution is -0.125. The molecule has 0 spiro atoms. The van der Waals surface area contributed by atoms with Gasteiger partial charge in [-0.15, -0.1) is 0 Å². The van der Waals surface area contributed by atoms with E-state index in [1.807, 2.05) is 0 Å². The van der Waals surface area contributed by atoms with Gasteiger partial charge in [0.2, 0.25) is 0 Å². The summed E-state index contributed by atoms with van der Waals surface area (Å²) in [6, 6.07) is 11.7. The molecule has 124 valence electrons. The Morgan fingerprint density at radius 2 is 1.71 bits per heavy atom. The summed E-state index contributed by atoms with van der Waals surface area (Å²) in [6.07, 6.45) is 4.18. The zero-order valence-electron chi connectivity index (χ0n) is 12.8. The summed E-state index contributed by atoms with van der Waals surface area (Å²) in [5.41, 5.74) is 4.50. The first-order valence-corrected chi connectivity index (χ1v) is 9.04. The standard InChI is InChI=1S/C17H15FN2O3S/c1-24(22,23)15-5-3-2-4-14(15)17(10-11-19-20-16(17)21)12-6-8-13(18)9-7-12/h2-11,19H,1H3,(H,20,21). The van der Waals surface area contributed by atoms with Crippen LogP contribution in [0.3, 0.4) is 0 Å². The molecule has 2 N–H and O–H groups in total. The normalized spacial score (nSPS) is 20.3. The lowest BCUT2D eigenvalue weighted by atomic mass is 9.73. The van der Waals surface area contributed by atoms with Crippen molar-refractivity contribution in [1.82, 2.24) is 10.9 Å². The van der Waals surface area contributed by atoms with Crippen LogP contribution in [0.1, 0.15) is 11.1 Å². The Morgan fingerprint density at radius 1 is 1.04 bits per heavy atom. The van der Waals surface area contributed by atoms with Crippen molar-refractivity contribution in [3.05, 3.63) is 77.8 Å². The Hall–Kier alpha value is -2.67. The van der Waals surface area contributed by atoms with Gasteiger partial charge in [-0.1, -0.05) is 30.3 Å². The predicted molar refractivity (Wildman–Crippen MR) is 87.2 cm³/mol. The highest BCUT2D eigenvalue weighted by Crippen LogP contribution is 2.38. The smallest absolute Gasteiger partial charge is 0.257 e. The van der Waals surface area contributed by atoms with Crippen LogP contribution in [0.15, 0.2) is 65.7 Å². The van der Waals surface area contributed by atoms with Gasteiger partial charge >= 0.3 is 0 Å². The molecular formula is C17H15FN2O3S. The van der Waals surface area contributed by atoms with Crippen molar-refractivity contribution >= 4 is 15.7 Å². The van der Waals surface area contributed by atoms with Crippen LogP contribution in [0.5, 0.6) is 0 Å². The fraction of sp³-hybridized carbons (Fsp3) is 0.118. The van der Waals surface area contributed by atoms with Gasteiger partial charge in [0.05, 0.1) is 4.90 Å². The van der Waals surface area contributed by atoms with E-state index in [1.54, 1.807) is 24.3 Å². The Bertz CT molecular complexity index is 923. The summed E-state index contributed by atoms with van der Waals surface area (Å²) in [5, 5.41) is 0. The predicted octanol–water partition coefficient (Wildman–Crippen LogP) is 1.66. The molecule has 2 aromatic carbocycles. The summed E-state index contributed by atoms with van der Waals surface area (Å²) in [4.78, 5) is 12.8. The Balaban J connectivity index is 2.37. The van der Waals surface area contributed by atoms with Crippen molar-refractivity contribution in [2.24, 2.45) is 0 Å². The average molecular weight is 346 g/mol. The van der Waals surface area contributed by atoms with Crippen LogP contribution in [0.25, 0.3) is 0 Å². The highest BCUT2D eigenvalue weighted by atomic mass is 32.2. The summed E-state index contributed by atoms with van der Waals surface area (Å²) in [5.74, 6) is -0.892. The molecule has 1 amide bonds. The molecule has 1 heterocycles. The molecule has 3 rings (SSSR count). The highest BCUT2D eigenvalue weighted by Gasteiger charge is 2.44. The fourth-order valence-corrected chi connectivity index (χ4v) is 3.83. The van der Waals surface area contributed by atoms with E-state index in [-0.39, 0.29) is 4.90 Å². The van der Waals surface area contributed by atoms with Gasteiger partial charge in [0, 0.05) is 12.5 Å². The van der Waals surface area contributed by atoms with E-state index in [0.717, 1.165) is 6.26 Å². The van der Waals surface area contributed by atoms with Gasteiger partial charge in [-0.25, -0.2) is 12.8 Å². The summed E-state index contributed by atoms with van der Waals surface area (Å²) >= 11 is 0. The molecule has 0 bridgehead atoms. The van der Waals surface area contributed by atoms with Gasteiger partial charge in [-0.2, -0.15) is 0 Å². The van der Waals surface area contributed by atoms with E-state index in [4.69, 9.17) is 0 Å². The monoisotopic (exact) mass is 346 g/mol. The number of halogens is 1. The van der Waals surface area contributed by atoms with Crippen molar-refractivity contribution in [2.45, 2.75) is 10.3 Å². The number of carbonyl (C=O) groups excluding carboxylic acids is 1. The van der Waals surface area contributed by atoms with Gasteiger partial charge in [0.15, 0.2) is 9.84 Å². The third-order valence-electron chi connectivity index (χ3n) is 3.97. The van der Waals surface area contributed by atoms with Crippen LogP contribution in [0, 0.1) is 5.82 Å². The minimum Gasteiger partial charge on any atom is -0.306 e. The van der Waals surface area contributed by atoms with Crippen LogP contribution in [0.2, 0.25) is 0 Å². The lowest BCUT2D eigenvalue weighted by Crippen LogP contribution is -2.52. The molecule has 1 unspecified atom stereocenters. The molecule has 0 radical (unpaired) electrons. The molecular weight excluding hydrogens is 331 g/mol. The van der Waals surface area contributed by atoms with Gasteiger partial charge in [-0.3, -0.25) is 10.2 Å². The molecule has 0 aliphatic carbocycles. The second-order valence-electron chi connectivity index (χ2n) is 5.52. The topological polar surface area (TPSA) is 75.3 Å². The minimum atomic E-state index is -3.57. The summed E-state index contributed by atoms with van der Waals surface area (Å²) < 4.78 is 37.7. The molecule has 1 atom stereocenters. The second-order valence-corrected chi connectivity index (χ2v) is 7.50. The maximum atomic E-state index is 13.3. The number of benzene rings is 2. The number of hydrazine groups is 1. The quantitative estimate of drug-likeness (QED) is 0.886. The average Bonchev–Trinajstić information content (AvgIpc) is 2.56. The highest BCUT2D eigenvalue weighted by molar-refractivity contribution is 7.90. The van der Waals surface area contributed by atoms with E-state index in [0.29, 0.717) is 11.1 Å². The van der Waals surface area contributed by atoms with Crippen molar-refractivity contribution < 1.29 is 17.6 Å². The van der Waals surface area contributed by atoms with Crippen molar-refractivity contribution in [2.75, 3.05) is 6.26 Å². The van der Waals surface area contributed by atoms with Gasteiger partial charge in [0.25, 0.3) is 5.91 Å². The molecule has 2 aromatic rings. The Labute approximate surface area is 139 Å². The van der Waals surface area contributed by atoms with Crippen molar-refractivity contribution in [1.29, 1.82) is 0 Å².